The molecule has 1 atom stereocenters. The van der Waals surface area contributed by atoms with Gasteiger partial charge in [0.1, 0.15) is 18.1 Å². The molecule has 1 heterocycles. The predicted molar refractivity (Wildman–Crippen MR) is 113 cm³/mol. The zero-order valence-electron chi connectivity index (χ0n) is 17.0. The first-order valence-electron chi connectivity index (χ1n) is 9.94. The van der Waals surface area contributed by atoms with Crippen molar-refractivity contribution >= 4 is 11.7 Å². The maximum absolute atomic E-state index is 11.2. The monoisotopic (exact) mass is 396 g/mol. The fourth-order valence-electron chi connectivity index (χ4n) is 3.61. The number of rotatable bonds is 8. The third-order valence-corrected chi connectivity index (χ3v) is 5.25. The van der Waals surface area contributed by atoms with Gasteiger partial charge in [-0.1, -0.05) is 41.6 Å². The first-order chi connectivity index (χ1) is 14.1. The topological polar surface area (TPSA) is 71.4 Å². The van der Waals surface area contributed by atoms with Crippen molar-refractivity contribution in [2.75, 3.05) is 33.4 Å². The van der Waals surface area contributed by atoms with Gasteiger partial charge >= 0.3 is 5.97 Å². The molecule has 0 aromatic heterocycles. The summed E-state index contributed by atoms with van der Waals surface area (Å²) in [7, 11) is 1.64. The van der Waals surface area contributed by atoms with Gasteiger partial charge in [0.15, 0.2) is 0 Å². The third-order valence-electron chi connectivity index (χ3n) is 5.25. The van der Waals surface area contributed by atoms with Gasteiger partial charge < -0.3 is 14.7 Å². The summed E-state index contributed by atoms with van der Waals surface area (Å²) in [5.74, 6) is -0.239. The minimum absolute atomic E-state index is 0.286. The molecule has 1 N–H and O–H groups in total. The zero-order valence-corrected chi connectivity index (χ0v) is 17.0. The molecule has 1 fully saturated rings. The molecular weight excluding hydrogens is 368 g/mol. The molecule has 0 radical (unpaired) electrons. The Balaban J connectivity index is 1.72. The number of carboxylic acid groups (broad SMARTS) is 1. The molecule has 1 saturated heterocycles. The Bertz CT molecular complexity index is 865. The van der Waals surface area contributed by atoms with Crippen LogP contribution >= 0.6 is 0 Å². The molecule has 1 aliphatic rings. The molecule has 0 bridgehead atoms. The average Bonchev–Trinajstić information content (AvgIpc) is 2.75. The van der Waals surface area contributed by atoms with Crippen molar-refractivity contribution in [3.05, 3.63) is 65.2 Å². The molecule has 0 unspecified atom stereocenters. The van der Waals surface area contributed by atoms with Crippen molar-refractivity contribution in [3.8, 4) is 5.75 Å². The largest absolute Gasteiger partial charge is 0.497 e. The van der Waals surface area contributed by atoms with Crippen molar-refractivity contribution in [1.29, 1.82) is 0 Å². The maximum Gasteiger partial charge on any atom is 0.307 e. The standard InChI is InChI=1S/C23H28N2O4/c1-17-7-3-4-11-21(17)22(18-8-5-10-20(15-18)28-2)24-29-14-13-25-12-6-9-19(16-25)23(26)27/h3-5,7-8,10-11,15,19H,6,9,12-14,16H2,1-2H3,(H,26,27)/b24-22-/t19-/m1/s1. The van der Waals surface area contributed by atoms with Crippen LogP contribution in [-0.2, 0) is 9.63 Å². The number of benzene rings is 2. The van der Waals surface area contributed by atoms with Crippen LogP contribution in [0.1, 0.15) is 29.5 Å². The van der Waals surface area contributed by atoms with Gasteiger partial charge in [0.2, 0.25) is 0 Å². The first-order valence-corrected chi connectivity index (χ1v) is 9.94. The number of ether oxygens (including phenoxy) is 1. The molecule has 1 aliphatic heterocycles. The SMILES string of the molecule is COc1cccc(/C(=N/OCCN2CCC[C@@H](C(=O)O)C2)c2ccccc2C)c1. The van der Waals surface area contributed by atoms with E-state index in [1.807, 2.05) is 55.5 Å². The highest BCUT2D eigenvalue weighted by Gasteiger charge is 2.25. The number of oxime groups is 1. The van der Waals surface area contributed by atoms with E-state index in [0.717, 1.165) is 47.5 Å². The Kier molecular flexibility index (Phi) is 7.25. The molecular formula is C23H28N2O4. The molecule has 2 aromatic carbocycles. The molecule has 0 amide bonds. The Morgan fingerprint density at radius 2 is 2.07 bits per heavy atom. The highest BCUT2D eigenvalue weighted by molar-refractivity contribution is 6.13. The van der Waals surface area contributed by atoms with Crippen molar-refractivity contribution in [2.45, 2.75) is 19.8 Å². The van der Waals surface area contributed by atoms with Crippen LogP contribution in [-0.4, -0.2) is 55.0 Å². The van der Waals surface area contributed by atoms with Gasteiger partial charge in [0, 0.05) is 24.2 Å². The quantitative estimate of drug-likeness (QED) is 0.420. The van der Waals surface area contributed by atoms with E-state index in [0.29, 0.717) is 19.7 Å². The summed E-state index contributed by atoms with van der Waals surface area (Å²) in [6.07, 6.45) is 1.65. The molecule has 2 aromatic rings. The second-order valence-corrected chi connectivity index (χ2v) is 7.30. The van der Waals surface area contributed by atoms with Crippen LogP contribution in [0.5, 0.6) is 5.75 Å². The van der Waals surface area contributed by atoms with Gasteiger partial charge in [-0.15, -0.1) is 0 Å². The van der Waals surface area contributed by atoms with Crippen LogP contribution in [0, 0.1) is 12.8 Å². The van der Waals surface area contributed by atoms with E-state index in [2.05, 4.69) is 10.1 Å². The summed E-state index contributed by atoms with van der Waals surface area (Å²) >= 11 is 0. The summed E-state index contributed by atoms with van der Waals surface area (Å²) in [5, 5.41) is 13.7. The number of carboxylic acids is 1. The maximum atomic E-state index is 11.2. The molecule has 3 rings (SSSR count). The summed E-state index contributed by atoms with van der Waals surface area (Å²) in [6, 6.07) is 15.8. The van der Waals surface area contributed by atoms with Gasteiger partial charge in [0.05, 0.1) is 13.0 Å². The van der Waals surface area contributed by atoms with E-state index in [4.69, 9.17) is 9.57 Å². The Morgan fingerprint density at radius 3 is 2.83 bits per heavy atom. The van der Waals surface area contributed by atoms with Crippen LogP contribution in [0.2, 0.25) is 0 Å². The number of piperidine rings is 1. The Morgan fingerprint density at radius 1 is 1.24 bits per heavy atom. The van der Waals surface area contributed by atoms with E-state index in [9.17, 15) is 9.90 Å². The fraction of sp³-hybridized carbons (Fsp3) is 0.391. The van der Waals surface area contributed by atoms with Crippen LogP contribution in [0.25, 0.3) is 0 Å². The van der Waals surface area contributed by atoms with Crippen LogP contribution in [0.15, 0.2) is 53.7 Å². The molecule has 6 nitrogen and oxygen atoms in total. The minimum atomic E-state index is -0.714. The van der Waals surface area contributed by atoms with Gasteiger partial charge in [0.25, 0.3) is 0 Å². The number of carbonyl (C=O) groups is 1. The lowest BCUT2D eigenvalue weighted by Crippen LogP contribution is -2.40. The van der Waals surface area contributed by atoms with Crippen molar-refractivity contribution in [3.63, 3.8) is 0 Å². The Hall–Kier alpha value is -2.86. The van der Waals surface area contributed by atoms with E-state index >= 15 is 0 Å². The van der Waals surface area contributed by atoms with Gasteiger partial charge in [-0.25, -0.2) is 0 Å². The summed E-state index contributed by atoms with van der Waals surface area (Å²) < 4.78 is 5.36. The van der Waals surface area contributed by atoms with Gasteiger partial charge in [-0.3, -0.25) is 9.69 Å². The van der Waals surface area contributed by atoms with Crippen LogP contribution < -0.4 is 4.74 Å². The van der Waals surface area contributed by atoms with Crippen molar-refractivity contribution in [1.82, 2.24) is 4.90 Å². The Labute approximate surface area is 171 Å². The zero-order chi connectivity index (χ0) is 20.6. The highest BCUT2D eigenvalue weighted by Crippen LogP contribution is 2.20. The lowest BCUT2D eigenvalue weighted by Gasteiger charge is -2.30. The van der Waals surface area contributed by atoms with E-state index in [1.165, 1.54) is 0 Å². The van der Waals surface area contributed by atoms with Crippen molar-refractivity contribution < 1.29 is 19.5 Å². The number of aliphatic carboxylic acids is 1. The second kappa shape index (κ2) is 10.1. The molecule has 0 spiro atoms. The summed E-state index contributed by atoms with van der Waals surface area (Å²) in [6.45, 7) is 4.59. The summed E-state index contributed by atoms with van der Waals surface area (Å²) in [4.78, 5) is 19.1. The lowest BCUT2D eigenvalue weighted by atomic mass is 9.98. The molecule has 6 heteroatoms. The predicted octanol–water partition coefficient (Wildman–Crippen LogP) is 3.57. The fourth-order valence-corrected chi connectivity index (χ4v) is 3.61. The molecule has 154 valence electrons. The molecule has 0 saturated carbocycles. The first kappa shape index (κ1) is 20.9. The highest BCUT2D eigenvalue weighted by atomic mass is 16.6. The number of nitrogens with zero attached hydrogens (tertiary/aromatic N) is 2. The summed E-state index contributed by atoms with van der Waals surface area (Å²) in [5.41, 5.74) is 3.79. The van der Waals surface area contributed by atoms with Gasteiger partial charge in [-0.05, 0) is 44.0 Å². The van der Waals surface area contributed by atoms with Gasteiger partial charge in [-0.2, -0.15) is 0 Å². The van der Waals surface area contributed by atoms with E-state index < -0.39 is 5.97 Å². The van der Waals surface area contributed by atoms with E-state index in [1.54, 1.807) is 7.11 Å². The number of hydrogen-bond donors (Lipinski definition) is 1. The molecule has 29 heavy (non-hydrogen) atoms. The number of aryl methyl sites for hydroxylation is 1. The average molecular weight is 396 g/mol. The smallest absolute Gasteiger partial charge is 0.307 e. The number of methoxy groups -OCH3 is 1. The van der Waals surface area contributed by atoms with Crippen LogP contribution in [0.4, 0.5) is 0 Å². The number of likely N-dealkylation sites (tertiary alicyclic amines) is 1. The third kappa shape index (κ3) is 5.57. The lowest BCUT2D eigenvalue weighted by molar-refractivity contribution is -0.143. The van der Waals surface area contributed by atoms with Crippen LogP contribution in [0.3, 0.4) is 0 Å². The second-order valence-electron chi connectivity index (χ2n) is 7.30. The normalized spacial score (nSPS) is 17.7. The molecule has 0 aliphatic carbocycles. The number of hydrogen-bond acceptors (Lipinski definition) is 5. The van der Waals surface area contributed by atoms with E-state index in [-0.39, 0.29) is 5.92 Å². The van der Waals surface area contributed by atoms with Crippen molar-refractivity contribution in [2.24, 2.45) is 11.1 Å². The minimum Gasteiger partial charge on any atom is -0.497 e.